The number of thiol groups is 1. The molecule has 0 bridgehead atoms. The molecule has 0 atom stereocenters. The molecule has 0 aliphatic heterocycles. The largest absolute Gasteiger partial charge is 0.326 e. The third-order valence-electron chi connectivity index (χ3n) is 2.48. The Hall–Kier alpha value is -1.75. The van der Waals surface area contributed by atoms with Crippen LogP contribution in [0, 0.1) is 0 Å². The Bertz CT molecular complexity index is 551. The van der Waals surface area contributed by atoms with Crippen LogP contribution in [0.4, 0.5) is 5.69 Å². The van der Waals surface area contributed by atoms with Gasteiger partial charge in [-0.2, -0.15) is 17.7 Å². The van der Waals surface area contributed by atoms with Crippen molar-refractivity contribution in [3.8, 4) is 11.1 Å². The maximum absolute atomic E-state index is 11.0. The molecule has 0 radical (unpaired) electrons. The van der Waals surface area contributed by atoms with Crippen LogP contribution in [-0.4, -0.2) is 21.4 Å². The fourth-order valence-electron chi connectivity index (χ4n) is 1.72. The van der Waals surface area contributed by atoms with E-state index in [9.17, 15) is 4.79 Å². The van der Waals surface area contributed by atoms with Crippen molar-refractivity contribution in [2.45, 2.75) is 13.5 Å². The van der Waals surface area contributed by atoms with Gasteiger partial charge in [0, 0.05) is 36.7 Å². The van der Waals surface area contributed by atoms with E-state index in [1.165, 1.54) is 6.92 Å². The quantitative estimate of drug-likeness (QED) is 0.830. The smallest absolute Gasteiger partial charge is 0.221 e. The van der Waals surface area contributed by atoms with Gasteiger partial charge in [0.2, 0.25) is 5.91 Å². The van der Waals surface area contributed by atoms with Crippen molar-refractivity contribution >= 4 is 24.2 Å². The Morgan fingerprint density at radius 1 is 1.44 bits per heavy atom. The van der Waals surface area contributed by atoms with Crippen molar-refractivity contribution in [2.75, 3.05) is 11.1 Å². The molecule has 0 saturated carbocycles. The van der Waals surface area contributed by atoms with Gasteiger partial charge >= 0.3 is 0 Å². The number of aromatic nitrogens is 2. The lowest BCUT2D eigenvalue weighted by Crippen LogP contribution is -2.05. The summed E-state index contributed by atoms with van der Waals surface area (Å²) in [6.45, 7) is 2.28. The zero-order chi connectivity index (χ0) is 13.0. The second-order valence-corrected chi connectivity index (χ2v) is 4.42. The molecule has 1 aromatic carbocycles. The molecule has 2 aromatic rings. The minimum atomic E-state index is -0.0714. The Kier molecular flexibility index (Phi) is 4.04. The summed E-state index contributed by atoms with van der Waals surface area (Å²) in [4.78, 5) is 11.0. The van der Waals surface area contributed by atoms with Crippen molar-refractivity contribution in [3.63, 3.8) is 0 Å². The number of anilines is 1. The molecule has 1 N–H and O–H groups in total. The van der Waals surface area contributed by atoms with Crippen molar-refractivity contribution < 1.29 is 4.79 Å². The molecule has 0 fully saturated rings. The molecule has 0 saturated heterocycles. The number of rotatable bonds is 4. The number of nitrogens with zero attached hydrogens (tertiary/aromatic N) is 2. The highest BCUT2D eigenvalue weighted by Gasteiger charge is 2.03. The minimum absolute atomic E-state index is 0.0714. The van der Waals surface area contributed by atoms with Gasteiger partial charge in [-0.15, -0.1) is 0 Å². The van der Waals surface area contributed by atoms with Crippen molar-refractivity contribution in [1.29, 1.82) is 0 Å². The van der Waals surface area contributed by atoms with Crippen LogP contribution in [-0.2, 0) is 11.3 Å². The van der Waals surface area contributed by atoms with Gasteiger partial charge in [-0.05, 0) is 17.7 Å². The molecule has 1 heterocycles. The van der Waals surface area contributed by atoms with Crippen molar-refractivity contribution in [1.82, 2.24) is 9.78 Å². The first-order valence-electron chi connectivity index (χ1n) is 5.70. The molecule has 94 valence electrons. The lowest BCUT2D eigenvalue weighted by Gasteiger charge is -2.04. The van der Waals surface area contributed by atoms with Crippen LogP contribution in [0.2, 0.25) is 0 Å². The summed E-state index contributed by atoms with van der Waals surface area (Å²) in [6, 6.07) is 7.70. The molecule has 4 nitrogen and oxygen atoms in total. The van der Waals surface area contributed by atoms with Crippen LogP contribution in [0.25, 0.3) is 11.1 Å². The minimum Gasteiger partial charge on any atom is -0.326 e. The topological polar surface area (TPSA) is 46.9 Å². The Balaban J connectivity index is 2.23. The van der Waals surface area contributed by atoms with Gasteiger partial charge in [0.25, 0.3) is 0 Å². The highest BCUT2D eigenvalue weighted by molar-refractivity contribution is 7.80. The lowest BCUT2D eigenvalue weighted by molar-refractivity contribution is -0.114. The van der Waals surface area contributed by atoms with E-state index in [4.69, 9.17) is 0 Å². The zero-order valence-corrected chi connectivity index (χ0v) is 11.0. The third kappa shape index (κ3) is 3.13. The van der Waals surface area contributed by atoms with Crippen LogP contribution in [0.5, 0.6) is 0 Å². The summed E-state index contributed by atoms with van der Waals surface area (Å²) >= 11 is 4.17. The van der Waals surface area contributed by atoms with Gasteiger partial charge in [0.05, 0.1) is 6.20 Å². The van der Waals surface area contributed by atoms with E-state index in [2.05, 4.69) is 23.0 Å². The van der Waals surface area contributed by atoms with Crippen molar-refractivity contribution in [3.05, 3.63) is 36.7 Å². The first-order chi connectivity index (χ1) is 8.69. The SMILES string of the molecule is CC(=O)Nc1cccc(-c2cnn(CCS)c2)c1. The average molecular weight is 261 g/mol. The van der Waals surface area contributed by atoms with Crippen LogP contribution in [0.1, 0.15) is 6.92 Å². The zero-order valence-electron chi connectivity index (χ0n) is 10.1. The number of amides is 1. The van der Waals surface area contributed by atoms with E-state index in [0.717, 1.165) is 29.1 Å². The van der Waals surface area contributed by atoms with Crippen LogP contribution >= 0.6 is 12.6 Å². The standard InChI is InChI=1S/C13H15N3OS/c1-10(17)15-13-4-2-3-11(7-13)12-8-14-16(9-12)5-6-18/h2-4,7-9,18H,5-6H2,1H3,(H,15,17). The fraction of sp³-hybridized carbons (Fsp3) is 0.231. The lowest BCUT2D eigenvalue weighted by atomic mass is 10.1. The first-order valence-corrected chi connectivity index (χ1v) is 6.33. The van der Waals surface area contributed by atoms with Gasteiger partial charge in [-0.25, -0.2) is 0 Å². The predicted molar refractivity (Wildman–Crippen MR) is 75.8 cm³/mol. The normalized spacial score (nSPS) is 10.3. The van der Waals surface area contributed by atoms with Gasteiger partial charge < -0.3 is 5.32 Å². The summed E-state index contributed by atoms with van der Waals surface area (Å²) in [5, 5.41) is 7.02. The number of nitrogens with one attached hydrogen (secondary N) is 1. The second kappa shape index (κ2) is 5.73. The highest BCUT2D eigenvalue weighted by atomic mass is 32.1. The van der Waals surface area contributed by atoms with Gasteiger partial charge in [0.1, 0.15) is 0 Å². The van der Waals surface area contributed by atoms with Gasteiger partial charge in [0.15, 0.2) is 0 Å². The third-order valence-corrected chi connectivity index (χ3v) is 2.68. The molecule has 0 aliphatic rings. The van der Waals surface area contributed by atoms with Gasteiger partial charge in [-0.3, -0.25) is 9.48 Å². The molecular formula is C13H15N3OS. The van der Waals surface area contributed by atoms with E-state index in [0.29, 0.717) is 0 Å². The maximum atomic E-state index is 11.0. The second-order valence-electron chi connectivity index (χ2n) is 3.98. The number of carbonyl (C=O) groups is 1. The van der Waals surface area contributed by atoms with Crippen LogP contribution in [0.3, 0.4) is 0 Å². The first kappa shape index (κ1) is 12.7. The molecule has 0 unspecified atom stereocenters. The molecular weight excluding hydrogens is 246 g/mol. The van der Waals surface area contributed by atoms with Gasteiger partial charge in [-0.1, -0.05) is 12.1 Å². The fourth-order valence-corrected chi connectivity index (χ4v) is 1.92. The Labute approximate surface area is 111 Å². The summed E-state index contributed by atoms with van der Waals surface area (Å²) in [5.41, 5.74) is 2.86. The molecule has 18 heavy (non-hydrogen) atoms. The summed E-state index contributed by atoms with van der Waals surface area (Å²) in [5.74, 6) is 0.686. The summed E-state index contributed by atoms with van der Waals surface area (Å²) in [7, 11) is 0. The Morgan fingerprint density at radius 3 is 3.00 bits per heavy atom. The molecule has 5 heteroatoms. The summed E-state index contributed by atoms with van der Waals surface area (Å²) < 4.78 is 1.85. The molecule has 1 aromatic heterocycles. The molecule has 0 aliphatic carbocycles. The van der Waals surface area contributed by atoms with E-state index >= 15 is 0 Å². The maximum Gasteiger partial charge on any atom is 0.221 e. The van der Waals surface area contributed by atoms with E-state index in [-0.39, 0.29) is 5.91 Å². The average Bonchev–Trinajstić information content (AvgIpc) is 2.78. The number of hydrogen-bond acceptors (Lipinski definition) is 3. The highest BCUT2D eigenvalue weighted by Crippen LogP contribution is 2.22. The number of aryl methyl sites for hydroxylation is 1. The molecule has 0 spiro atoms. The van der Waals surface area contributed by atoms with E-state index < -0.39 is 0 Å². The number of hydrogen-bond donors (Lipinski definition) is 2. The Morgan fingerprint density at radius 2 is 2.28 bits per heavy atom. The number of benzene rings is 1. The number of carbonyl (C=O) groups excluding carboxylic acids is 1. The van der Waals surface area contributed by atoms with Crippen molar-refractivity contribution in [2.24, 2.45) is 0 Å². The van der Waals surface area contributed by atoms with E-state index in [1.807, 2.05) is 41.3 Å². The molecule has 1 amide bonds. The molecule has 2 rings (SSSR count). The van der Waals surface area contributed by atoms with Crippen LogP contribution in [0.15, 0.2) is 36.7 Å². The monoisotopic (exact) mass is 261 g/mol. The summed E-state index contributed by atoms with van der Waals surface area (Å²) in [6.07, 6.45) is 3.79. The van der Waals surface area contributed by atoms with E-state index in [1.54, 1.807) is 0 Å². The van der Waals surface area contributed by atoms with Crippen LogP contribution < -0.4 is 5.32 Å². The predicted octanol–water partition coefficient (Wildman–Crippen LogP) is 2.44.